The predicted molar refractivity (Wildman–Crippen MR) is 41.0 cm³/mol. The largest absolute Gasteiger partial charge is 0.431 e. The SMILES string of the molecule is CC1OOC(C(C)(C)C)C(=O)O1. The van der Waals surface area contributed by atoms with E-state index in [1.807, 2.05) is 20.8 Å². The summed E-state index contributed by atoms with van der Waals surface area (Å²) in [6, 6.07) is 0. The molecule has 1 saturated heterocycles. The van der Waals surface area contributed by atoms with Crippen LogP contribution >= 0.6 is 0 Å². The summed E-state index contributed by atoms with van der Waals surface area (Å²) in [4.78, 5) is 20.9. The minimum Gasteiger partial charge on any atom is -0.431 e. The molecule has 0 radical (unpaired) electrons. The molecule has 1 rings (SSSR count). The van der Waals surface area contributed by atoms with Gasteiger partial charge < -0.3 is 4.74 Å². The van der Waals surface area contributed by atoms with Crippen molar-refractivity contribution in [3.8, 4) is 0 Å². The van der Waals surface area contributed by atoms with Crippen LogP contribution in [-0.4, -0.2) is 18.4 Å². The molecular formula is C8H14O4. The van der Waals surface area contributed by atoms with E-state index in [1.165, 1.54) is 0 Å². The summed E-state index contributed by atoms with van der Waals surface area (Å²) in [5, 5.41) is 0. The molecule has 0 amide bonds. The lowest BCUT2D eigenvalue weighted by Gasteiger charge is -2.32. The maximum absolute atomic E-state index is 11.2. The highest BCUT2D eigenvalue weighted by atomic mass is 17.2. The third-order valence-electron chi connectivity index (χ3n) is 1.57. The molecule has 70 valence electrons. The molecule has 0 saturated carbocycles. The summed E-state index contributed by atoms with van der Waals surface area (Å²) in [6.45, 7) is 7.27. The van der Waals surface area contributed by atoms with Crippen LogP contribution < -0.4 is 0 Å². The van der Waals surface area contributed by atoms with Crippen LogP contribution in [0.1, 0.15) is 27.7 Å². The number of esters is 1. The quantitative estimate of drug-likeness (QED) is 0.409. The summed E-state index contributed by atoms with van der Waals surface area (Å²) >= 11 is 0. The Balaban J connectivity index is 2.63. The smallest absolute Gasteiger partial charge is 0.341 e. The van der Waals surface area contributed by atoms with E-state index in [0.717, 1.165) is 0 Å². The molecule has 0 N–H and O–H groups in total. The standard InChI is InChI=1S/C8H14O4/c1-5-10-7(9)6(12-11-5)8(2,3)4/h5-6H,1-4H3. The first kappa shape index (κ1) is 9.48. The third-order valence-corrected chi connectivity index (χ3v) is 1.57. The van der Waals surface area contributed by atoms with Crippen molar-refractivity contribution in [2.45, 2.75) is 40.1 Å². The lowest BCUT2D eigenvalue weighted by molar-refractivity contribution is -0.420. The number of carbonyl (C=O) groups is 1. The molecular weight excluding hydrogens is 160 g/mol. The average Bonchev–Trinajstić information content (AvgIpc) is 1.83. The average molecular weight is 174 g/mol. The van der Waals surface area contributed by atoms with Crippen molar-refractivity contribution in [1.82, 2.24) is 0 Å². The highest BCUT2D eigenvalue weighted by molar-refractivity contribution is 5.75. The number of hydrogen-bond donors (Lipinski definition) is 0. The predicted octanol–water partition coefficient (Wildman–Crippen LogP) is 1.25. The second-order valence-electron chi connectivity index (χ2n) is 3.94. The fourth-order valence-electron chi connectivity index (χ4n) is 0.916. The van der Waals surface area contributed by atoms with Gasteiger partial charge in [-0.05, 0) is 0 Å². The number of ether oxygens (including phenoxy) is 1. The molecule has 0 aromatic rings. The zero-order chi connectivity index (χ0) is 9.35. The van der Waals surface area contributed by atoms with Crippen LogP contribution in [0.25, 0.3) is 0 Å². The van der Waals surface area contributed by atoms with Crippen LogP contribution in [0.4, 0.5) is 0 Å². The van der Waals surface area contributed by atoms with Gasteiger partial charge in [-0.3, -0.25) is 0 Å². The second-order valence-corrected chi connectivity index (χ2v) is 3.94. The molecule has 1 aliphatic heterocycles. The van der Waals surface area contributed by atoms with Crippen LogP contribution in [0.5, 0.6) is 0 Å². The van der Waals surface area contributed by atoms with Gasteiger partial charge in [-0.2, -0.15) is 4.89 Å². The zero-order valence-corrected chi connectivity index (χ0v) is 7.79. The minimum atomic E-state index is -0.631. The maximum atomic E-state index is 11.2. The van der Waals surface area contributed by atoms with E-state index in [4.69, 9.17) is 14.5 Å². The topological polar surface area (TPSA) is 44.8 Å². The first-order valence-corrected chi connectivity index (χ1v) is 3.94. The van der Waals surface area contributed by atoms with Crippen LogP contribution in [0.3, 0.4) is 0 Å². The van der Waals surface area contributed by atoms with E-state index in [1.54, 1.807) is 6.92 Å². The van der Waals surface area contributed by atoms with Gasteiger partial charge in [0.25, 0.3) is 0 Å². The van der Waals surface area contributed by atoms with Crippen molar-refractivity contribution >= 4 is 5.97 Å². The summed E-state index contributed by atoms with van der Waals surface area (Å²) in [6.07, 6.45) is -1.23. The fraction of sp³-hybridized carbons (Fsp3) is 0.875. The Bertz CT molecular complexity index is 182. The molecule has 2 unspecified atom stereocenters. The molecule has 0 aromatic carbocycles. The van der Waals surface area contributed by atoms with Crippen LogP contribution in [0, 0.1) is 5.41 Å². The number of carbonyl (C=O) groups excluding carboxylic acids is 1. The maximum Gasteiger partial charge on any atom is 0.341 e. The van der Waals surface area contributed by atoms with E-state index < -0.39 is 12.4 Å². The third kappa shape index (κ3) is 1.95. The summed E-state index contributed by atoms with van der Waals surface area (Å²) in [5.41, 5.74) is -0.294. The summed E-state index contributed by atoms with van der Waals surface area (Å²) in [5.74, 6) is -0.360. The molecule has 12 heavy (non-hydrogen) atoms. The molecule has 1 aliphatic rings. The van der Waals surface area contributed by atoms with Crippen molar-refractivity contribution in [2.75, 3.05) is 0 Å². The van der Waals surface area contributed by atoms with Gasteiger partial charge in [-0.15, -0.1) is 0 Å². The van der Waals surface area contributed by atoms with Gasteiger partial charge in [-0.25, -0.2) is 9.68 Å². The van der Waals surface area contributed by atoms with Gasteiger partial charge in [0, 0.05) is 12.3 Å². The monoisotopic (exact) mass is 174 g/mol. The van der Waals surface area contributed by atoms with E-state index in [0.29, 0.717) is 0 Å². The van der Waals surface area contributed by atoms with Crippen molar-refractivity contribution in [2.24, 2.45) is 5.41 Å². The van der Waals surface area contributed by atoms with Gasteiger partial charge in [-0.1, -0.05) is 20.8 Å². The van der Waals surface area contributed by atoms with Gasteiger partial charge in [0.15, 0.2) is 6.10 Å². The van der Waals surface area contributed by atoms with Gasteiger partial charge >= 0.3 is 5.97 Å². The van der Waals surface area contributed by atoms with Crippen LogP contribution in [-0.2, 0) is 19.3 Å². The zero-order valence-electron chi connectivity index (χ0n) is 7.79. The van der Waals surface area contributed by atoms with Gasteiger partial charge in [0.1, 0.15) is 0 Å². The molecule has 0 spiro atoms. The summed E-state index contributed by atoms with van der Waals surface area (Å²) < 4.78 is 4.84. The normalized spacial score (nSPS) is 31.5. The Kier molecular flexibility index (Phi) is 2.39. The lowest BCUT2D eigenvalue weighted by Crippen LogP contribution is -2.44. The number of rotatable bonds is 0. The molecule has 4 nitrogen and oxygen atoms in total. The highest BCUT2D eigenvalue weighted by Crippen LogP contribution is 2.27. The van der Waals surface area contributed by atoms with Crippen LogP contribution in [0.2, 0.25) is 0 Å². The number of cyclic esters (lactones) is 1. The first-order valence-electron chi connectivity index (χ1n) is 3.94. The molecule has 0 aromatic heterocycles. The Morgan fingerprint density at radius 1 is 1.25 bits per heavy atom. The van der Waals surface area contributed by atoms with Crippen molar-refractivity contribution in [3.63, 3.8) is 0 Å². The lowest BCUT2D eigenvalue weighted by atomic mass is 9.89. The first-order chi connectivity index (χ1) is 5.41. The van der Waals surface area contributed by atoms with Crippen LogP contribution in [0.15, 0.2) is 0 Å². The van der Waals surface area contributed by atoms with E-state index in [9.17, 15) is 4.79 Å². The van der Waals surface area contributed by atoms with E-state index >= 15 is 0 Å². The fourth-order valence-corrected chi connectivity index (χ4v) is 0.916. The Morgan fingerprint density at radius 3 is 2.25 bits per heavy atom. The van der Waals surface area contributed by atoms with Crippen molar-refractivity contribution in [3.05, 3.63) is 0 Å². The van der Waals surface area contributed by atoms with Gasteiger partial charge in [0.2, 0.25) is 6.29 Å². The summed E-state index contributed by atoms with van der Waals surface area (Å²) in [7, 11) is 0. The molecule has 2 atom stereocenters. The van der Waals surface area contributed by atoms with Gasteiger partial charge in [0.05, 0.1) is 0 Å². The molecule has 4 heteroatoms. The number of hydrogen-bond acceptors (Lipinski definition) is 4. The van der Waals surface area contributed by atoms with Crippen molar-refractivity contribution < 1.29 is 19.3 Å². The Morgan fingerprint density at radius 2 is 1.83 bits per heavy atom. The van der Waals surface area contributed by atoms with E-state index in [-0.39, 0.29) is 11.4 Å². The highest BCUT2D eigenvalue weighted by Gasteiger charge is 2.39. The Hall–Kier alpha value is -0.610. The minimum absolute atomic E-state index is 0.294. The van der Waals surface area contributed by atoms with Crippen molar-refractivity contribution in [1.29, 1.82) is 0 Å². The molecule has 0 aliphatic carbocycles. The Labute approximate surface area is 71.7 Å². The second kappa shape index (κ2) is 3.03. The molecule has 1 fully saturated rings. The molecule has 0 bridgehead atoms. The van der Waals surface area contributed by atoms with E-state index in [2.05, 4.69) is 0 Å². The molecule has 1 heterocycles.